The third-order valence-corrected chi connectivity index (χ3v) is 4.12. The summed E-state index contributed by atoms with van der Waals surface area (Å²) in [6.07, 6.45) is 3.11. The molecule has 2 amide bonds. The molecule has 1 heterocycles. The van der Waals surface area contributed by atoms with Gasteiger partial charge in [0.1, 0.15) is 6.04 Å². The van der Waals surface area contributed by atoms with Crippen LogP contribution in [0.25, 0.3) is 0 Å². The third kappa shape index (κ3) is 2.33. The van der Waals surface area contributed by atoms with Crippen LogP contribution in [0.1, 0.15) is 36.3 Å². The summed E-state index contributed by atoms with van der Waals surface area (Å²) < 4.78 is 0. The van der Waals surface area contributed by atoms with Gasteiger partial charge in [0.15, 0.2) is 0 Å². The molecule has 4 nitrogen and oxygen atoms in total. The number of hydrogen-bond acceptors (Lipinski definition) is 2. The van der Waals surface area contributed by atoms with Gasteiger partial charge in [-0.05, 0) is 36.8 Å². The van der Waals surface area contributed by atoms with Gasteiger partial charge in [0.25, 0.3) is 0 Å². The molecule has 1 aliphatic carbocycles. The molecule has 1 unspecified atom stereocenters. The molecule has 1 fully saturated rings. The van der Waals surface area contributed by atoms with Crippen LogP contribution < -0.4 is 10.6 Å². The molecule has 2 N–H and O–H groups in total. The fourth-order valence-corrected chi connectivity index (χ4v) is 3.01. The molecular weight excluding hydrogens is 252 g/mol. The zero-order chi connectivity index (χ0) is 14.1. The molecule has 1 saturated heterocycles. The van der Waals surface area contributed by atoms with Gasteiger partial charge in [-0.15, -0.1) is 0 Å². The van der Waals surface area contributed by atoms with Crippen LogP contribution in [0, 0.1) is 0 Å². The van der Waals surface area contributed by atoms with Crippen LogP contribution >= 0.6 is 0 Å². The zero-order valence-electron chi connectivity index (χ0n) is 11.3. The Morgan fingerprint density at radius 3 is 2.85 bits per heavy atom. The van der Waals surface area contributed by atoms with E-state index in [9.17, 15) is 9.59 Å². The van der Waals surface area contributed by atoms with Gasteiger partial charge in [-0.25, -0.2) is 0 Å². The summed E-state index contributed by atoms with van der Waals surface area (Å²) in [4.78, 5) is 24.2. The van der Waals surface area contributed by atoms with Crippen molar-refractivity contribution in [3.8, 4) is 0 Å². The molecule has 2 aliphatic rings. The first-order valence-corrected chi connectivity index (χ1v) is 7.02. The molecule has 0 aromatic heterocycles. The lowest BCUT2D eigenvalue weighted by Crippen LogP contribution is -2.50. The standard InChI is InChI=1S/C16H18N2O2/c1-10-6-9-14(16(20)17-10)18-15(19)13-8-7-11-4-2-3-5-12(11)13/h2-5,13-14H,1,6-9H2,(H,17,20)(H,18,19)/t13?,14-/m0/s1. The van der Waals surface area contributed by atoms with E-state index in [4.69, 9.17) is 0 Å². The normalized spacial score (nSPS) is 25.0. The third-order valence-electron chi connectivity index (χ3n) is 4.12. The number of fused-ring (bicyclic) bond motifs is 1. The van der Waals surface area contributed by atoms with Gasteiger partial charge in [0.2, 0.25) is 11.8 Å². The van der Waals surface area contributed by atoms with Gasteiger partial charge in [0.05, 0.1) is 5.92 Å². The summed E-state index contributed by atoms with van der Waals surface area (Å²) in [5.74, 6) is -0.312. The summed E-state index contributed by atoms with van der Waals surface area (Å²) in [7, 11) is 0. The molecule has 1 aromatic carbocycles. The number of carbonyl (C=O) groups excluding carboxylic acids is 2. The van der Waals surface area contributed by atoms with E-state index in [1.165, 1.54) is 5.56 Å². The number of piperidine rings is 1. The maximum Gasteiger partial charge on any atom is 0.246 e. The smallest absolute Gasteiger partial charge is 0.246 e. The average molecular weight is 270 g/mol. The lowest BCUT2D eigenvalue weighted by atomic mass is 9.98. The van der Waals surface area contributed by atoms with E-state index < -0.39 is 6.04 Å². The molecule has 0 saturated carbocycles. The number of nitrogens with one attached hydrogen (secondary N) is 2. The van der Waals surface area contributed by atoms with E-state index in [1.54, 1.807) is 0 Å². The van der Waals surface area contributed by atoms with Crippen LogP contribution in [-0.4, -0.2) is 17.9 Å². The highest BCUT2D eigenvalue weighted by atomic mass is 16.2. The predicted molar refractivity (Wildman–Crippen MR) is 76.0 cm³/mol. The summed E-state index contributed by atoms with van der Waals surface area (Å²) in [6, 6.07) is 7.61. The first-order valence-electron chi connectivity index (χ1n) is 7.02. The van der Waals surface area contributed by atoms with Crippen molar-refractivity contribution in [3.63, 3.8) is 0 Å². The minimum Gasteiger partial charge on any atom is -0.344 e. The summed E-state index contributed by atoms with van der Waals surface area (Å²) in [5, 5.41) is 5.58. The van der Waals surface area contributed by atoms with Crippen molar-refractivity contribution in [1.82, 2.24) is 10.6 Å². The topological polar surface area (TPSA) is 58.2 Å². The Balaban J connectivity index is 1.69. The Bertz CT molecular complexity index is 580. The first-order chi connectivity index (χ1) is 9.65. The second kappa shape index (κ2) is 5.12. The molecule has 1 aliphatic heterocycles. The van der Waals surface area contributed by atoms with Crippen molar-refractivity contribution in [2.45, 2.75) is 37.6 Å². The number of hydrogen-bond donors (Lipinski definition) is 2. The van der Waals surface area contributed by atoms with Crippen LogP contribution in [0.2, 0.25) is 0 Å². The van der Waals surface area contributed by atoms with Crippen LogP contribution in [0.4, 0.5) is 0 Å². The summed E-state index contributed by atoms with van der Waals surface area (Å²) >= 11 is 0. The number of amides is 2. The molecule has 1 aromatic rings. The molecule has 3 rings (SSSR count). The van der Waals surface area contributed by atoms with E-state index in [1.807, 2.05) is 18.2 Å². The summed E-state index contributed by atoms with van der Waals surface area (Å²) in [5.41, 5.74) is 3.08. The molecule has 0 bridgehead atoms. The van der Waals surface area contributed by atoms with E-state index in [0.717, 1.165) is 30.5 Å². The number of rotatable bonds is 2. The van der Waals surface area contributed by atoms with Crippen LogP contribution in [0.15, 0.2) is 36.5 Å². The van der Waals surface area contributed by atoms with E-state index in [0.29, 0.717) is 6.42 Å². The van der Waals surface area contributed by atoms with Crippen molar-refractivity contribution < 1.29 is 9.59 Å². The second-order valence-electron chi connectivity index (χ2n) is 5.48. The monoisotopic (exact) mass is 270 g/mol. The minimum absolute atomic E-state index is 0.0392. The molecule has 0 spiro atoms. The van der Waals surface area contributed by atoms with Gasteiger partial charge in [-0.2, -0.15) is 0 Å². The van der Waals surface area contributed by atoms with Gasteiger partial charge in [0, 0.05) is 5.70 Å². The maximum atomic E-state index is 12.4. The number of allylic oxidation sites excluding steroid dienone is 1. The van der Waals surface area contributed by atoms with Crippen LogP contribution in [0.5, 0.6) is 0 Å². The van der Waals surface area contributed by atoms with Crippen molar-refractivity contribution in [1.29, 1.82) is 0 Å². The molecule has 4 heteroatoms. The molecule has 0 radical (unpaired) electrons. The zero-order valence-corrected chi connectivity index (χ0v) is 11.3. The Labute approximate surface area is 118 Å². The largest absolute Gasteiger partial charge is 0.344 e. The maximum absolute atomic E-state index is 12.4. The van der Waals surface area contributed by atoms with Gasteiger partial charge in [-0.1, -0.05) is 30.8 Å². The minimum atomic E-state index is -0.430. The number of aryl methyl sites for hydroxylation is 1. The fourth-order valence-electron chi connectivity index (χ4n) is 3.01. The Hall–Kier alpha value is -2.10. The average Bonchev–Trinajstić information content (AvgIpc) is 2.86. The number of carbonyl (C=O) groups is 2. The van der Waals surface area contributed by atoms with Crippen molar-refractivity contribution in [3.05, 3.63) is 47.7 Å². The van der Waals surface area contributed by atoms with Crippen LogP contribution in [-0.2, 0) is 16.0 Å². The van der Waals surface area contributed by atoms with E-state index in [-0.39, 0.29) is 17.7 Å². The molecule has 104 valence electrons. The van der Waals surface area contributed by atoms with Gasteiger partial charge >= 0.3 is 0 Å². The van der Waals surface area contributed by atoms with Crippen LogP contribution in [0.3, 0.4) is 0 Å². The predicted octanol–water partition coefficient (Wildman–Crippen LogP) is 1.62. The lowest BCUT2D eigenvalue weighted by molar-refractivity contribution is -0.130. The Morgan fingerprint density at radius 2 is 2.05 bits per heavy atom. The second-order valence-corrected chi connectivity index (χ2v) is 5.48. The quantitative estimate of drug-likeness (QED) is 0.858. The fraction of sp³-hybridized carbons (Fsp3) is 0.375. The highest BCUT2D eigenvalue weighted by Gasteiger charge is 2.32. The van der Waals surface area contributed by atoms with E-state index >= 15 is 0 Å². The van der Waals surface area contributed by atoms with Gasteiger partial charge in [-0.3, -0.25) is 9.59 Å². The van der Waals surface area contributed by atoms with E-state index in [2.05, 4.69) is 23.3 Å². The first kappa shape index (κ1) is 12.9. The highest BCUT2D eigenvalue weighted by molar-refractivity contribution is 5.92. The molecule has 2 atom stereocenters. The van der Waals surface area contributed by atoms with Crippen molar-refractivity contribution in [2.24, 2.45) is 0 Å². The lowest BCUT2D eigenvalue weighted by Gasteiger charge is -2.25. The molecular formula is C16H18N2O2. The SMILES string of the molecule is C=C1CC[C@H](NC(=O)C2CCc3ccccc32)C(=O)N1. The number of benzene rings is 1. The highest BCUT2D eigenvalue weighted by Crippen LogP contribution is 2.33. The van der Waals surface area contributed by atoms with Crippen molar-refractivity contribution >= 4 is 11.8 Å². The Kier molecular flexibility index (Phi) is 3.30. The Morgan fingerprint density at radius 1 is 1.25 bits per heavy atom. The summed E-state index contributed by atoms with van der Waals surface area (Å²) in [6.45, 7) is 3.74. The van der Waals surface area contributed by atoms with Gasteiger partial charge < -0.3 is 10.6 Å². The molecule has 20 heavy (non-hydrogen) atoms. The van der Waals surface area contributed by atoms with Crippen molar-refractivity contribution in [2.75, 3.05) is 0 Å².